The van der Waals surface area contributed by atoms with Crippen LogP contribution in [-0.4, -0.2) is 35.9 Å². The van der Waals surface area contributed by atoms with Gasteiger partial charge in [0.1, 0.15) is 0 Å². The molecule has 0 atom stereocenters. The zero-order chi connectivity index (χ0) is 22.0. The molecule has 0 radical (unpaired) electrons. The number of aryl methyl sites for hydroxylation is 2. The average Bonchev–Trinajstić information content (AvgIpc) is 3.18. The molecule has 1 saturated heterocycles. The number of benzene rings is 2. The second kappa shape index (κ2) is 8.55. The van der Waals surface area contributed by atoms with Crippen LogP contribution in [-0.2, 0) is 14.3 Å². The summed E-state index contributed by atoms with van der Waals surface area (Å²) in [6.07, 6.45) is 1.36. The summed E-state index contributed by atoms with van der Waals surface area (Å²) < 4.78 is 5.26. The maximum Gasteiger partial charge on any atom is 0.340 e. The molecule has 0 saturated carbocycles. The molecule has 0 bridgehead atoms. The van der Waals surface area contributed by atoms with E-state index in [0.29, 0.717) is 29.9 Å². The van der Waals surface area contributed by atoms with Gasteiger partial charge in [0.05, 0.1) is 16.8 Å². The Balaban J connectivity index is 1.42. The molecule has 7 heteroatoms. The van der Waals surface area contributed by atoms with Crippen molar-refractivity contribution in [1.29, 1.82) is 0 Å². The van der Waals surface area contributed by atoms with Crippen LogP contribution >= 0.6 is 0 Å². The number of esters is 1. The number of hydrogen-bond donors (Lipinski definition) is 1. The summed E-state index contributed by atoms with van der Waals surface area (Å²) in [6, 6.07) is 14.6. The zero-order valence-corrected chi connectivity index (χ0v) is 17.5. The number of aromatic nitrogens is 1. The fourth-order valence-corrected chi connectivity index (χ4v) is 3.90. The molecule has 7 nitrogen and oxygen atoms in total. The van der Waals surface area contributed by atoms with Crippen molar-refractivity contribution < 1.29 is 19.1 Å². The normalized spacial score (nSPS) is 13.5. The molecule has 158 valence electrons. The van der Waals surface area contributed by atoms with Crippen LogP contribution in [0.2, 0.25) is 0 Å². The third kappa shape index (κ3) is 4.26. The third-order valence-corrected chi connectivity index (χ3v) is 5.39. The van der Waals surface area contributed by atoms with Crippen LogP contribution in [0.1, 0.15) is 34.5 Å². The lowest BCUT2D eigenvalue weighted by atomic mass is 10.0. The third-order valence-electron chi connectivity index (χ3n) is 5.39. The Labute approximate surface area is 180 Å². The summed E-state index contributed by atoms with van der Waals surface area (Å²) in [6.45, 7) is 3.85. The highest BCUT2D eigenvalue weighted by Crippen LogP contribution is 2.25. The van der Waals surface area contributed by atoms with E-state index < -0.39 is 18.5 Å². The summed E-state index contributed by atoms with van der Waals surface area (Å²) in [5, 5.41) is 3.59. The predicted octanol–water partition coefficient (Wildman–Crippen LogP) is 3.77. The Morgan fingerprint density at radius 1 is 1.13 bits per heavy atom. The van der Waals surface area contributed by atoms with E-state index in [1.54, 1.807) is 30.0 Å². The highest BCUT2D eigenvalue weighted by Gasteiger charge is 2.22. The van der Waals surface area contributed by atoms with Gasteiger partial charge >= 0.3 is 5.97 Å². The number of nitrogens with zero attached hydrogens (tertiary/aromatic N) is 2. The monoisotopic (exact) mass is 417 g/mol. The number of amides is 2. The molecular weight excluding hydrogens is 394 g/mol. The maximum atomic E-state index is 12.7. The first-order chi connectivity index (χ1) is 14.9. The lowest BCUT2D eigenvalue weighted by Gasteiger charge is -2.17. The number of pyridine rings is 1. The molecule has 1 aliphatic rings. The highest BCUT2D eigenvalue weighted by atomic mass is 16.5. The topological polar surface area (TPSA) is 88.6 Å². The molecule has 0 spiro atoms. The van der Waals surface area contributed by atoms with Crippen molar-refractivity contribution in [1.82, 2.24) is 4.98 Å². The molecular formula is C24H23N3O4. The first-order valence-corrected chi connectivity index (χ1v) is 10.2. The first-order valence-electron chi connectivity index (χ1n) is 10.2. The van der Waals surface area contributed by atoms with E-state index >= 15 is 0 Å². The number of carbonyl (C=O) groups is 3. The van der Waals surface area contributed by atoms with Crippen LogP contribution in [0.5, 0.6) is 0 Å². The minimum Gasteiger partial charge on any atom is -0.452 e. The van der Waals surface area contributed by atoms with Gasteiger partial charge in [-0.15, -0.1) is 0 Å². The molecule has 2 heterocycles. The van der Waals surface area contributed by atoms with Crippen molar-refractivity contribution in [2.75, 3.05) is 23.4 Å². The number of fused-ring (bicyclic) bond motifs is 1. The minimum atomic E-state index is -0.584. The Morgan fingerprint density at radius 2 is 1.94 bits per heavy atom. The summed E-state index contributed by atoms with van der Waals surface area (Å²) in [4.78, 5) is 43.1. The molecule has 1 aromatic heterocycles. The average molecular weight is 417 g/mol. The van der Waals surface area contributed by atoms with Crippen LogP contribution in [0.15, 0.2) is 48.5 Å². The highest BCUT2D eigenvalue weighted by molar-refractivity contribution is 6.00. The van der Waals surface area contributed by atoms with Crippen LogP contribution in [0.3, 0.4) is 0 Å². The van der Waals surface area contributed by atoms with E-state index in [9.17, 15) is 14.4 Å². The molecule has 1 aliphatic heterocycles. The fraction of sp³-hybridized carbons (Fsp3) is 0.250. The van der Waals surface area contributed by atoms with Gasteiger partial charge in [-0.1, -0.05) is 24.3 Å². The number of hydrogen-bond acceptors (Lipinski definition) is 5. The second-order valence-corrected chi connectivity index (χ2v) is 7.54. The van der Waals surface area contributed by atoms with Crippen LogP contribution in [0, 0.1) is 13.8 Å². The van der Waals surface area contributed by atoms with Crippen molar-refractivity contribution >= 4 is 40.1 Å². The second-order valence-electron chi connectivity index (χ2n) is 7.54. The standard InChI is InChI=1S/C24H23N3O4/c1-15-19-9-3-4-10-20(19)25-16(2)23(15)24(30)31-14-21(28)26-17-7-5-8-18(13-17)27-12-6-11-22(27)29/h3-5,7-10,13H,6,11-12,14H2,1-2H3,(H,26,28). The van der Waals surface area contributed by atoms with E-state index in [2.05, 4.69) is 10.3 Å². The summed E-state index contributed by atoms with van der Waals surface area (Å²) in [5.41, 5.74) is 3.80. The van der Waals surface area contributed by atoms with E-state index in [1.807, 2.05) is 37.3 Å². The molecule has 0 unspecified atom stereocenters. The van der Waals surface area contributed by atoms with Gasteiger partial charge in [0.15, 0.2) is 6.61 Å². The molecule has 4 rings (SSSR count). The number of nitrogens with one attached hydrogen (secondary N) is 1. The summed E-state index contributed by atoms with van der Waals surface area (Å²) in [7, 11) is 0. The zero-order valence-electron chi connectivity index (χ0n) is 17.5. The van der Waals surface area contributed by atoms with Crippen molar-refractivity contribution in [2.45, 2.75) is 26.7 Å². The molecule has 2 aromatic carbocycles. The predicted molar refractivity (Wildman–Crippen MR) is 118 cm³/mol. The smallest absolute Gasteiger partial charge is 0.340 e. The van der Waals surface area contributed by atoms with Crippen molar-refractivity contribution in [3.8, 4) is 0 Å². The van der Waals surface area contributed by atoms with Crippen LogP contribution < -0.4 is 10.2 Å². The SMILES string of the molecule is Cc1nc2ccccc2c(C)c1C(=O)OCC(=O)Nc1cccc(N2CCCC2=O)c1. The lowest BCUT2D eigenvalue weighted by Crippen LogP contribution is -2.24. The Bertz CT molecular complexity index is 1190. The Kier molecular flexibility index (Phi) is 5.66. The van der Waals surface area contributed by atoms with E-state index in [-0.39, 0.29) is 5.91 Å². The molecule has 3 aromatic rings. The van der Waals surface area contributed by atoms with Crippen LogP contribution in [0.25, 0.3) is 10.9 Å². The van der Waals surface area contributed by atoms with Crippen molar-refractivity contribution in [2.24, 2.45) is 0 Å². The number of anilines is 2. The molecule has 0 aliphatic carbocycles. The Morgan fingerprint density at radius 3 is 2.71 bits per heavy atom. The molecule has 2 amide bonds. The maximum absolute atomic E-state index is 12.7. The van der Waals surface area contributed by atoms with Crippen molar-refractivity contribution in [3.05, 3.63) is 65.4 Å². The van der Waals surface area contributed by atoms with Gasteiger partial charge in [-0.25, -0.2) is 4.79 Å². The van der Waals surface area contributed by atoms with Gasteiger partial charge in [-0.3, -0.25) is 14.6 Å². The molecule has 1 fully saturated rings. The first kappa shape index (κ1) is 20.5. The number of ether oxygens (including phenoxy) is 1. The Hall–Kier alpha value is -3.74. The number of rotatable bonds is 5. The molecule has 31 heavy (non-hydrogen) atoms. The number of para-hydroxylation sites is 1. The van der Waals surface area contributed by atoms with Gasteiger partial charge in [0.2, 0.25) is 5.91 Å². The van der Waals surface area contributed by atoms with Gasteiger partial charge in [-0.05, 0) is 50.1 Å². The van der Waals surface area contributed by atoms with Crippen molar-refractivity contribution in [3.63, 3.8) is 0 Å². The quantitative estimate of drug-likeness (QED) is 0.639. The summed E-state index contributed by atoms with van der Waals surface area (Å²) in [5.74, 6) is -0.964. The van der Waals surface area contributed by atoms with Gasteiger partial charge in [-0.2, -0.15) is 0 Å². The minimum absolute atomic E-state index is 0.0761. The largest absolute Gasteiger partial charge is 0.452 e. The van der Waals surface area contributed by atoms with Gasteiger partial charge in [0.25, 0.3) is 5.91 Å². The fourth-order valence-electron chi connectivity index (χ4n) is 3.90. The van der Waals surface area contributed by atoms with E-state index in [0.717, 1.165) is 28.6 Å². The van der Waals surface area contributed by atoms with Crippen LogP contribution in [0.4, 0.5) is 11.4 Å². The van der Waals surface area contributed by atoms with E-state index in [1.165, 1.54) is 0 Å². The summed E-state index contributed by atoms with van der Waals surface area (Å²) >= 11 is 0. The van der Waals surface area contributed by atoms with Gasteiger partial charge in [0, 0.05) is 29.7 Å². The lowest BCUT2D eigenvalue weighted by molar-refractivity contribution is -0.119. The van der Waals surface area contributed by atoms with E-state index in [4.69, 9.17) is 4.74 Å². The number of carbonyl (C=O) groups excluding carboxylic acids is 3. The van der Waals surface area contributed by atoms with Gasteiger partial charge < -0.3 is 15.0 Å². The molecule has 1 N–H and O–H groups in total.